The topological polar surface area (TPSA) is 81.7 Å². The van der Waals surface area contributed by atoms with Gasteiger partial charge in [0.15, 0.2) is 0 Å². The van der Waals surface area contributed by atoms with Crippen molar-refractivity contribution < 1.29 is 0 Å². The number of hydrazine groups is 1. The maximum absolute atomic E-state index is 5.59. The van der Waals surface area contributed by atoms with Gasteiger partial charge in [0.05, 0.1) is 16.7 Å². The number of hydrogen-bond donors (Lipinski definition) is 2. The van der Waals surface area contributed by atoms with Gasteiger partial charge < -0.3 is 9.99 Å². The van der Waals surface area contributed by atoms with E-state index in [4.69, 9.17) is 15.8 Å². The first-order valence-electron chi connectivity index (χ1n) is 8.51. The fourth-order valence-electron chi connectivity index (χ4n) is 3.58. The molecule has 2 atom stereocenters. The molecule has 6 nitrogen and oxygen atoms in total. The SMILES string of the molecule is Cn1c([C@@H]2CC2c2cc(NN)nc(C3CC3)n2)nc2ccccc21. The van der Waals surface area contributed by atoms with Gasteiger partial charge in [-0.3, -0.25) is 0 Å². The lowest BCUT2D eigenvalue weighted by molar-refractivity contribution is 0.790. The summed E-state index contributed by atoms with van der Waals surface area (Å²) in [5.74, 6) is 9.76. The van der Waals surface area contributed by atoms with Crippen LogP contribution in [0.1, 0.15) is 54.4 Å². The third-order valence-corrected chi connectivity index (χ3v) is 5.18. The highest BCUT2D eigenvalue weighted by Crippen LogP contribution is 2.54. The highest BCUT2D eigenvalue weighted by Gasteiger charge is 2.44. The zero-order valence-electron chi connectivity index (χ0n) is 13.6. The van der Waals surface area contributed by atoms with Gasteiger partial charge in [0.2, 0.25) is 0 Å². The van der Waals surface area contributed by atoms with E-state index >= 15 is 0 Å². The standard InChI is InChI=1S/C18H20N6/c1-24-15-5-3-2-4-13(15)21-18(24)12-8-11(12)14-9-16(23-19)22-17(20-14)10-6-7-10/h2-5,9-12H,6-8,19H2,1H3,(H,20,22,23)/t11?,12-/m1/s1. The fraction of sp³-hybridized carbons (Fsp3) is 0.389. The van der Waals surface area contributed by atoms with Gasteiger partial charge in [0.1, 0.15) is 17.5 Å². The van der Waals surface area contributed by atoms with E-state index in [0.717, 1.165) is 35.1 Å². The molecule has 0 aliphatic heterocycles. The summed E-state index contributed by atoms with van der Waals surface area (Å²) in [6, 6.07) is 10.3. The van der Waals surface area contributed by atoms with Crippen molar-refractivity contribution in [2.45, 2.75) is 37.0 Å². The number of hydrogen-bond acceptors (Lipinski definition) is 5. The van der Waals surface area contributed by atoms with Gasteiger partial charge in [-0.15, -0.1) is 0 Å². The number of nitrogens with two attached hydrogens (primary N) is 1. The number of fused-ring (bicyclic) bond motifs is 1. The minimum absolute atomic E-state index is 0.410. The maximum Gasteiger partial charge on any atom is 0.143 e. The molecule has 2 fully saturated rings. The van der Waals surface area contributed by atoms with Crippen LogP contribution < -0.4 is 11.3 Å². The molecule has 2 aliphatic rings. The number of aromatic nitrogens is 4. The first-order chi connectivity index (χ1) is 11.7. The third kappa shape index (κ3) is 2.17. The Labute approximate surface area is 140 Å². The average molecular weight is 320 g/mol. The Morgan fingerprint density at radius 2 is 1.96 bits per heavy atom. The van der Waals surface area contributed by atoms with Gasteiger partial charge in [-0.05, 0) is 31.4 Å². The van der Waals surface area contributed by atoms with Crippen LogP contribution in [0.3, 0.4) is 0 Å². The number of anilines is 1. The number of nitrogen functional groups attached to an aromatic ring is 1. The molecule has 1 aromatic carbocycles. The van der Waals surface area contributed by atoms with Gasteiger partial charge in [0.25, 0.3) is 0 Å². The van der Waals surface area contributed by atoms with Crippen LogP contribution in [0.2, 0.25) is 0 Å². The smallest absolute Gasteiger partial charge is 0.143 e. The van der Waals surface area contributed by atoms with Crippen LogP contribution in [0, 0.1) is 0 Å². The van der Waals surface area contributed by atoms with Gasteiger partial charge in [-0.1, -0.05) is 12.1 Å². The van der Waals surface area contributed by atoms with Crippen molar-refractivity contribution in [3.63, 3.8) is 0 Å². The summed E-state index contributed by atoms with van der Waals surface area (Å²) >= 11 is 0. The second-order valence-corrected chi connectivity index (χ2v) is 6.92. The number of para-hydroxylation sites is 2. The number of aryl methyl sites for hydroxylation is 1. The Morgan fingerprint density at radius 1 is 1.12 bits per heavy atom. The van der Waals surface area contributed by atoms with Crippen LogP contribution in [-0.2, 0) is 7.05 Å². The highest BCUT2D eigenvalue weighted by atomic mass is 15.3. The lowest BCUT2D eigenvalue weighted by Crippen LogP contribution is -2.11. The van der Waals surface area contributed by atoms with E-state index in [0.29, 0.717) is 17.8 Å². The van der Waals surface area contributed by atoms with Crippen molar-refractivity contribution >= 4 is 16.9 Å². The highest BCUT2D eigenvalue weighted by molar-refractivity contribution is 5.76. The van der Waals surface area contributed by atoms with E-state index in [1.165, 1.54) is 18.4 Å². The molecule has 24 heavy (non-hydrogen) atoms. The van der Waals surface area contributed by atoms with Gasteiger partial charge in [0, 0.05) is 30.9 Å². The number of rotatable bonds is 4. The number of benzene rings is 1. The minimum Gasteiger partial charge on any atom is -0.331 e. The van der Waals surface area contributed by atoms with Crippen molar-refractivity contribution in [3.8, 4) is 0 Å². The second-order valence-electron chi connectivity index (χ2n) is 6.92. The Hall–Kier alpha value is -2.47. The van der Waals surface area contributed by atoms with Crippen molar-refractivity contribution in [1.82, 2.24) is 19.5 Å². The van der Waals surface area contributed by atoms with Crippen molar-refractivity contribution in [1.29, 1.82) is 0 Å². The van der Waals surface area contributed by atoms with E-state index in [9.17, 15) is 0 Å². The molecule has 3 N–H and O–H groups in total. The predicted octanol–water partition coefficient (Wildman–Crippen LogP) is 2.80. The van der Waals surface area contributed by atoms with E-state index in [1.807, 2.05) is 12.1 Å². The quantitative estimate of drug-likeness (QED) is 0.570. The van der Waals surface area contributed by atoms with Gasteiger partial charge in [-0.2, -0.15) is 0 Å². The van der Waals surface area contributed by atoms with E-state index < -0.39 is 0 Å². The summed E-state index contributed by atoms with van der Waals surface area (Å²) in [5, 5.41) is 0. The number of imidazole rings is 1. The maximum atomic E-state index is 5.59. The average Bonchev–Trinajstić information content (AvgIpc) is 3.53. The first-order valence-corrected chi connectivity index (χ1v) is 8.51. The first kappa shape index (κ1) is 13.9. The molecule has 0 saturated heterocycles. The molecule has 2 heterocycles. The summed E-state index contributed by atoms with van der Waals surface area (Å²) in [7, 11) is 2.10. The van der Waals surface area contributed by atoms with Crippen LogP contribution in [0.25, 0.3) is 11.0 Å². The predicted molar refractivity (Wildman–Crippen MR) is 92.6 cm³/mol. The molecule has 2 saturated carbocycles. The summed E-state index contributed by atoms with van der Waals surface area (Å²) in [5.41, 5.74) is 6.03. The molecule has 2 aromatic heterocycles. The lowest BCUT2D eigenvalue weighted by atomic mass is 10.2. The summed E-state index contributed by atoms with van der Waals surface area (Å²) in [6.45, 7) is 0. The molecule has 6 heteroatoms. The molecule has 1 unspecified atom stereocenters. The Kier molecular flexibility index (Phi) is 2.91. The van der Waals surface area contributed by atoms with Crippen molar-refractivity contribution in [2.75, 3.05) is 5.43 Å². The molecule has 0 spiro atoms. The van der Waals surface area contributed by atoms with E-state index in [1.54, 1.807) is 0 Å². The molecule has 3 aromatic rings. The van der Waals surface area contributed by atoms with Crippen LogP contribution >= 0.6 is 0 Å². The number of nitrogens with zero attached hydrogens (tertiary/aromatic N) is 4. The van der Waals surface area contributed by atoms with Crippen LogP contribution in [0.5, 0.6) is 0 Å². The van der Waals surface area contributed by atoms with Crippen LogP contribution in [0.15, 0.2) is 30.3 Å². The molecule has 5 rings (SSSR count). The zero-order valence-corrected chi connectivity index (χ0v) is 13.6. The van der Waals surface area contributed by atoms with Crippen molar-refractivity contribution in [3.05, 3.63) is 47.7 Å². The van der Waals surface area contributed by atoms with Gasteiger partial charge in [-0.25, -0.2) is 20.8 Å². The van der Waals surface area contributed by atoms with Crippen LogP contribution in [-0.4, -0.2) is 19.5 Å². The molecular weight excluding hydrogens is 300 g/mol. The minimum atomic E-state index is 0.410. The summed E-state index contributed by atoms with van der Waals surface area (Å²) in [4.78, 5) is 14.2. The molecule has 0 amide bonds. The normalized spacial score (nSPS) is 22.8. The molecule has 122 valence electrons. The van der Waals surface area contributed by atoms with Crippen molar-refractivity contribution in [2.24, 2.45) is 12.9 Å². The van der Waals surface area contributed by atoms with Gasteiger partial charge >= 0.3 is 0 Å². The Morgan fingerprint density at radius 3 is 2.71 bits per heavy atom. The summed E-state index contributed by atoms with van der Waals surface area (Å²) in [6.07, 6.45) is 3.46. The molecular formula is C18H20N6. The summed E-state index contributed by atoms with van der Waals surface area (Å²) < 4.78 is 2.21. The molecule has 2 aliphatic carbocycles. The second kappa shape index (κ2) is 5.01. The Balaban J connectivity index is 1.49. The Bertz CT molecular complexity index is 926. The molecule has 0 radical (unpaired) electrons. The van der Waals surface area contributed by atoms with Crippen LogP contribution in [0.4, 0.5) is 5.82 Å². The fourth-order valence-corrected chi connectivity index (χ4v) is 3.58. The monoisotopic (exact) mass is 320 g/mol. The zero-order chi connectivity index (χ0) is 16.3. The lowest BCUT2D eigenvalue weighted by Gasteiger charge is -2.07. The molecule has 0 bridgehead atoms. The third-order valence-electron chi connectivity index (χ3n) is 5.18. The largest absolute Gasteiger partial charge is 0.331 e. The number of nitrogens with one attached hydrogen (secondary N) is 1. The van der Waals surface area contributed by atoms with E-state index in [2.05, 4.69) is 40.2 Å². The van der Waals surface area contributed by atoms with E-state index in [-0.39, 0.29) is 0 Å².